The van der Waals surface area contributed by atoms with Crippen LogP contribution < -0.4 is 10.1 Å². The zero-order valence-corrected chi connectivity index (χ0v) is 13.2. The van der Waals surface area contributed by atoms with Gasteiger partial charge < -0.3 is 10.1 Å². The number of rotatable bonds is 3. The molecule has 1 aromatic heterocycles. The predicted molar refractivity (Wildman–Crippen MR) is 80.7 cm³/mol. The third kappa shape index (κ3) is 3.03. The molecule has 1 N–H and O–H groups in total. The van der Waals surface area contributed by atoms with E-state index in [1.54, 1.807) is 13.3 Å². The van der Waals surface area contributed by atoms with E-state index >= 15 is 0 Å². The largest absolute Gasteiger partial charge is 0.497 e. The summed E-state index contributed by atoms with van der Waals surface area (Å²) in [7, 11) is 1.66. The Balaban J connectivity index is 2.28. The molecule has 1 aromatic carbocycles. The molecule has 0 aliphatic rings. The summed E-state index contributed by atoms with van der Waals surface area (Å²) < 4.78 is 7.03. The fourth-order valence-corrected chi connectivity index (χ4v) is 2.62. The summed E-state index contributed by atoms with van der Waals surface area (Å²) in [4.78, 5) is 4.32. The monoisotopic (exact) mass is 370 g/mol. The molecule has 0 amide bonds. The Hall–Kier alpha value is -1.07. The number of nitrogens with zero attached hydrogens (tertiary/aromatic N) is 1. The van der Waals surface area contributed by atoms with Crippen LogP contribution >= 0.6 is 31.9 Å². The van der Waals surface area contributed by atoms with Gasteiger partial charge in [-0.1, -0.05) is 0 Å². The van der Waals surface area contributed by atoms with Gasteiger partial charge in [0.25, 0.3) is 0 Å². The van der Waals surface area contributed by atoms with Crippen LogP contribution in [0, 0.1) is 6.92 Å². The van der Waals surface area contributed by atoms with E-state index in [0.29, 0.717) is 0 Å². The highest BCUT2D eigenvalue weighted by atomic mass is 79.9. The van der Waals surface area contributed by atoms with Crippen LogP contribution in [0.2, 0.25) is 0 Å². The lowest BCUT2D eigenvalue weighted by Gasteiger charge is -2.11. The first-order valence-corrected chi connectivity index (χ1v) is 6.91. The Morgan fingerprint density at radius 1 is 1.22 bits per heavy atom. The van der Waals surface area contributed by atoms with Crippen molar-refractivity contribution < 1.29 is 4.74 Å². The van der Waals surface area contributed by atoms with Crippen LogP contribution in [0.4, 0.5) is 11.5 Å². The Morgan fingerprint density at radius 3 is 2.61 bits per heavy atom. The van der Waals surface area contributed by atoms with Crippen LogP contribution in [-0.4, -0.2) is 12.1 Å². The number of methoxy groups -OCH3 is 1. The van der Waals surface area contributed by atoms with Gasteiger partial charge in [-0.3, -0.25) is 0 Å². The third-order valence-electron chi connectivity index (χ3n) is 2.49. The molecule has 0 bridgehead atoms. The van der Waals surface area contributed by atoms with Gasteiger partial charge in [0.15, 0.2) is 0 Å². The lowest BCUT2D eigenvalue weighted by Crippen LogP contribution is -1.97. The van der Waals surface area contributed by atoms with E-state index in [1.165, 1.54) is 0 Å². The number of halogens is 2. The second-order valence-corrected chi connectivity index (χ2v) is 5.56. The molecule has 0 unspecified atom stereocenters. The molecule has 2 rings (SSSR count). The van der Waals surface area contributed by atoms with Gasteiger partial charge in [0.2, 0.25) is 0 Å². The summed E-state index contributed by atoms with van der Waals surface area (Å²) in [5.41, 5.74) is 2.11. The first-order valence-electron chi connectivity index (χ1n) is 5.33. The van der Waals surface area contributed by atoms with Crippen LogP contribution in [0.25, 0.3) is 0 Å². The molecule has 0 saturated carbocycles. The number of aryl methyl sites for hydroxylation is 1. The lowest BCUT2D eigenvalue weighted by atomic mass is 10.2. The van der Waals surface area contributed by atoms with Crippen LogP contribution in [0.3, 0.4) is 0 Å². The topological polar surface area (TPSA) is 34.1 Å². The predicted octanol–water partition coefficient (Wildman–Crippen LogP) is 4.67. The van der Waals surface area contributed by atoms with E-state index in [9.17, 15) is 0 Å². The second-order valence-electron chi connectivity index (χ2n) is 3.79. The van der Waals surface area contributed by atoms with E-state index in [4.69, 9.17) is 4.74 Å². The molecule has 0 aliphatic heterocycles. The summed E-state index contributed by atoms with van der Waals surface area (Å²) >= 11 is 6.86. The summed E-state index contributed by atoms with van der Waals surface area (Å²) in [5, 5.41) is 3.28. The van der Waals surface area contributed by atoms with Gasteiger partial charge in [-0.15, -0.1) is 0 Å². The average molecular weight is 372 g/mol. The number of hydrogen-bond acceptors (Lipinski definition) is 3. The number of benzene rings is 1. The molecule has 0 atom stereocenters. The normalized spacial score (nSPS) is 10.2. The van der Waals surface area contributed by atoms with Crippen molar-refractivity contribution in [2.75, 3.05) is 12.4 Å². The van der Waals surface area contributed by atoms with Crippen molar-refractivity contribution in [2.24, 2.45) is 0 Å². The van der Waals surface area contributed by atoms with Crippen molar-refractivity contribution in [1.29, 1.82) is 0 Å². The van der Waals surface area contributed by atoms with Crippen LogP contribution in [0.15, 0.2) is 39.4 Å². The Labute approximate surface area is 123 Å². The van der Waals surface area contributed by atoms with Gasteiger partial charge in [-0.05, 0) is 68.6 Å². The maximum Gasteiger partial charge on any atom is 0.144 e. The van der Waals surface area contributed by atoms with Gasteiger partial charge in [-0.25, -0.2) is 4.98 Å². The number of hydrogen-bond donors (Lipinski definition) is 1. The molecule has 94 valence electrons. The molecule has 1 heterocycles. The van der Waals surface area contributed by atoms with Crippen molar-refractivity contribution in [2.45, 2.75) is 6.92 Å². The smallest absolute Gasteiger partial charge is 0.144 e. The molecule has 0 fully saturated rings. The van der Waals surface area contributed by atoms with Crippen molar-refractivity contribution in [3.05, 3.63) is 45.0 Å². The molecule has 2 aromatic rings. The number of pyridine rings is 1. The maximum atomic E-state index is 5.18. The summed E-state index contributed by atoms with van der Waals surface area (Å²) in [6.07, 6.45) is 1.76. The Morgan fingerprint density at radius 2 is 2.00 bits per heavy atom. The quantitative estimate of drug-likeness (QED) is 0.851. The Bertz CT molecular complexity index is 573. The minimum Gasteiger partial charge on any atom is -0.497 e. The highest BCUT2D eigenvalue weighted by Crippen LogP contribution is 2.29. The van der Waals surface area contributed by atoms with Crippen molar-refractivity contribution in [1.82, 2.24) is 4.98 Å². The molecule has 5 heteroatoms. The minimum absolute atomic E-state index is 0.784. The average Bonchev–Trinajstić information content (AvgIpc) is 2.34. The molecule has 0 saturated heterocycles. The highest BCUT2D eigenvalue weighted by molar-refractivity contribution is 9.11. The summed E-state index contributed by atoms with van der Waals surface area (Å²) in [5.74, 6) is 1.63. The highest BCUT2D eigenvalue weighted by Gasteiger charge is 2.05. The fourth-order valence-electron chi connectivity index (χ4n) is 1.54. The zero-order chi connectivity index (χ0) is 13.1. The number of aromatic nitrogens is 1. The van der Waals surface area contributed by atoms with Crippen molar-refractivity contribution in [3.63, 3.8) is 0 Å². The first kappa shape index (κ1) is 13.4. The molecule has 0 radical (unpaired) electrons. The molecule has 3 nitrogen and oxygen atoms in total. The second kappa shape index (κ2) is 5.71. The lowest BCUT2D eigenvalue weighted by molar-refractivity contribution is 0.414. The van der Waals surface area contributed by atoms with E-state index < -0.39 is 0 Å². The van der Waals surface area contributed by atoms with Gasteiger partial charge in [0, 0.05) is 16.4 Å². The first-order chi connectivity index (χ1) is 8.60. The van der Waals surface area contributed by atoms with Gasteiger partial charge in [0.05, 0.1) is 11.6 Å². The van der Waals surface area contributed by atoms with E-state index in [2.05, 4.69) is 42.2 Å². The zero-order valence-electron chi connectivity index (χ0n) is 10.00. The van der Waals surface area contributed by atoms with Gasteiger partial charge in [-0.2, -0.15) is 0 Å². The number of nitrogens with one attached hydrogen (secondary N) is 1. The van der Waals surface area contributed by atoms with Crippen LogP contribution in [-0.2, 0) is 0 Å². The summed E-state index contributed by atoms with van der Waals surface area (Å²) in [6.45, 7) is 2.03. The van der Waals surface area contributed by atoms with E-state index in [-0.39, 0.29) is 0 Å². The maximum absolute atomic E-state index is 5.18. The number of anilines is 2. The van der Waals surface area contributed by atoms with Crippen LogP contribution in [0.5, 0.6) is 5.75 Å². The van der Waals surface area contributed by atoms with Crippen molar-refractivity contribution >= 4 is 43.4 Å². The van der Waals surface area contributed by atoms with E-state index in [0.717, 1.165) is 31.8 Å². The molecular weight excluding hydrogens is 360 g/mol. The number of ether oxygens (including phenoxy) is 1. The van der Waals surface area contributed by atoms with E-state index in [1.807, 2.05) is 31.2 Å². The van der Waals surface area contributed by atoms with Crippen LogP contribution in [0.1, 0.15) is 5.56 Å². The Kier molecular flexibility index (Phi) is 4.24. The van der Waals surface area contributed by atoms with Crippen molar-refractivity contribution in [3.8, 4) is 5.75 Å². The summed E-state index contributed by atoms with van der Waals surface area (Å²) in [6, 6.07) is 7.83. The fraction of sp³-hybridized carbons (Fsp3) is 0.154. The molecule has 0 spiro atoms. The standard InChI is InChI=1S/C13H12Br2N2O/c1-8-5-10(18-2)3-4-12(8)17-13-11(15)6-9(14)7-16-13/h3-7H,1-2H3,(H,16,17). The van der Waals surface area contributed by atoms with Gasteiger partial charge >= 0.3 is 0 Å². The third-order valence-corrected chi connectivity index (χ3v) is 3.53. The molecular formula is C13H12Br2N2O. The SMILES string of the molecule is COc1ccc(Nc2ncc(Br)cc2Br)c(C)c1. The molecule has 18 heavy (non-hydrogen) atoms. The minimum atomic E-state index is 0.784. The molecule has 0 aliphatic carbocycles. The van der Waals surface area contributed by atoms with Gasteiger partial charge in [0.1, 0.15) is 11.6 Å².